The van der Waals surface area contributed by atoms with Crippen LogP contribution >= 0.6 is 15.9 Å². The molecule has 0 aliphatic heterocycles. The lowest BCUT2D eigenvalue weighted by molar-refractivity contribution is 0.414. The average molecular weight is 455 g/mol. The first kappa shape index (κ1) is 21.2. The Balaban J connectivity index is 1.93. The van der Waals surface area contributed by atoms with E-state index in [1.807, 2.05) is 24.3 Å². The zero-order chi connectivity index (χ0) is 20.8. The standard InChI is InChI=1S/C24H27BrN2O2/c1-5-22-17(2)26-24(14-23(22)25)27(15-18-6-10-20(28-3)11-7-18)16-19-8-12-21(29-4)13-9-19/h6-14H,5,15-16H2,1-4H3. The van der Waals surface area contributed by atoms with Crippen molar-refractivity contribution in [3.05, 3.63) is 81.5 Å². The molecule has 0 amide bonds. The Morgan fingerprint density at radius 3 is 1.72 bits per heavy atom. The van der Waals surface area contributed by atoms with Gasteiger partial charge in [-0.05, 0) is 60.4 Å². The molecule has 0 fully saturated rings. The summed E-state index contributed by atoms with van der Waals surface area (Å²) in [7, 11) is 3.37. The molecule has 0 saturated carbocycles. The van der Waals surface area contributed by atoms with Crippen LogP contribution in [-0.2, 0) is 19.5 Å². The number of pyridine rings is 1. The molecule has 0 radical (unpaired) electrons. The summed E-state index contributed by atoms with van der Waals surface area (Å²) in [4.78, 5) is 7.20. The Morgan fingerprint density at radius 2 is 1.34 bits per heavy atom. The van der Waals surface area contributed by atoms with E-state index in [0.29, 0.717) is 0 Å². The van der Waals surface area contributed by atoms with Crippen LogP contribution in [0.4, 0.5) is 5.82 Å². The SMILES string of the molecule is CCc1c(Br)cc(N(Cc2ccc(OC)cc2)Cc2ccc(OC)cc2)nc1C. The Bertz CT molecular complexity index is 868. The Morgan fingerprint density at radius 1 is 0.862 bits per heavy atom. The number of hydrogen-bond acceptors (Lipinski definition) is 4. The number of rotatable bonds is 8. The molecule has 3 rings (SSSR count). The van der Waals surface area contributed by atoms with Crippen LogP contribution in [0.15, 0.2) is 59.1 Å². The van der Waals surface area contributed by atoms with Gasteiger partial charge in [-0.15, -0.1) is 0 Å². The fourth-order valence-electron chi connectivity index (χ4n) is 3.35. The van der Waals surface area contributed by atoms with Gasteiger partial charge in [0.15, 0.2) is 0 Å². The highest BCUT2D eigenvalue weighted by Crippen LogP contribution is 2.28. The van der Waals surface area contributed by atoms with Crippen LogP contribution in [0.1, 0.15) is 29.3 Å². The summed E-state index contributed by atoms with van der Waals surface area (Å²) in [6.07, 6.45) is 0.955. The van der Waals surface area contributed by atoms with Crippen LogP contribution < -0.4 is 14.4 Å². The molecule has 3 aromatic rings. The normalized spacial score (nSPS) is 10.7. The minimum atomic E-state index is 0.750. The van der Waals surface area contributed by atoms with Crippen molar-refractivity contribution in [2.45, 2.75) is 33.4 Å². The highest BCUT2D eigenvalue weighted by molar-refractivity contribution is 9.10. The third-order valence-electron chi connectivity index (χ3n) is 5.01. The molecule has 0 saturated heterocycles. The van der Waals surface area contributed by atoms with Gasteiger partial charge in [-0.3, -0.25) is 0 Å². The highest BCUT2D eigenvalue weighted by Gasteiger charge is 2.14. The third-order valence-corrected chi connectivity index (χ3v) is 5.71. The zero-order valence-corrected chi connectivity index (χ0v) is 19.0. The van der Waals surface area contributed by atoms with Crippen LogP contribution in [0.2, 0.25) is 0 Å². The lowest BCUT2D eigenvalue weighted by atomic mass is 10.1. The van der Waals surface area contributed by atoms with Gasteiger partial charge >= 0.3 is 0 Å². The topological polar surface area (TPSA) is 34.6 Å². The smallest absolute Gasteiger partial charge is 0.130 e. The number of methoxy groups -OCH3 is 2. The van der Waals surface area contributed by atoms with E-state index in [0.717, 1.165) is 47.0 Å². The van der Waals surface area contributed by atoms with Crippen molar-refractivity contribution < 1.29 is 9.47 Å². The molecule has 5 heteroatoms. The lowest BCUT2D eigenvalue weighted by Gasteiger charge is -2.25. The first-order valence-electron chi connectivity index (χ1n) is 9.70. The van der Waals surface area contributed by atoms with Crippen molar-refractivity contribution in [1.29, 1.82) is 0 Å². The number of benzene rings is 2. The number of nitrogens with zero attached hydrogens (tertiary/aromatic N) is 2. The number of aryl methyl sites for hydroxylation is 1. The van der Waals surface area contributed by atoms with Gasteiger partial charge in [0.2, 0.25) is 0 Å². The molecule has 4 nitrogen and oxygen atoms in total. The second kappa shape index (κ2) is 9.79. The summed E-state index contributed by atoms with van der Waals surface area (Å²) >= 11 is 3.74. The molecular weight excluding hydrogens is 428 g/mol. The number of anilines is 1. The lowest BCUT2D eigenvalue weighted by Crippen LogP contribution is -2.23. The summed E-state index contributed by atoms with van der Waals surface area (Å²) < 4.78 is 11.7. The molecule has 0 aliphatic rings. The molecule has 0 spiro atoms. The first-order chi connectivity index (χ1) is 14.0. The Kier molecular flexibility index (Phi) is 7.15. The van der Waals surface area contributed by atoms with E-state index < -0.39 is 0 Å². The van der Waals surface area contributed by atoms with Gasteiger partial charge in [0.05, 0.1) is 14.2 Å². The van der Waals surface area contributed by atoms with E-state index >= 15 is 0 Å². The van der Waals surface area contributed by atoms with Crippen LogP contribution in [0.3, 0.4) is 0 Å². The molecule has 0 bridgehead atoms. The van der Waals surface area contributed by atoms with Crippen LogP contribution in [0.5, 0.6) is 11.5 Å². The van der Waals surface area contributed by atoms with Crippen molar-refractivity contribution >= 4 is 21.7 Å². The van der Waals surface area contributed by atoms with Gasteiger partial charge in [0.1, 0.15) is 17.3 Å². The number of aromatic nitrogens is 1. The monoisotopic (exact) mass is 454 g/mol. The van der Waals surface area contributed by atoms with Crippen LogP contribution in [0, 0.1) is 6.92 Å². The molecular formula is C24H27BrN2O2. The van der Waals surface area contributed by atoms with Crippen molar-refractivity contribution in [1.82, 2.24) is 4.98 Å². The van der Waals surface area contributed by atoms with Gasteiger partial charge < -0.3 is 14.4 Å². The molecule has 1 heterocycles. The van der Waals surface area contributed by atoms with E-state index in [4.69, 9.17) is 14.5 Å². The summed E-state index contributed by atoms with van der Waals surface area (Å²) in [5.74, 6) is 2.68. The zero-order valence-electron chi connectivity index (χ0n) is 17.4. The Labute approximate surface area is 181 Å². The van der Waals surface area contributed by atoms with Crippen molar-refractivity contribution in [2.24, 2.45) is 0 Å². The van der Waals surface area contributed by atoms with Gasteiger partial charge in [-0.2, -0.15) is 0 Å². The summed E-state index contributed by atoms with van der Waals surface area (Å²) in [6.45, 7) is 5.73. The van der Waals surface area contributed by atoms with E-state index in [2.05, 4.69) is 65.0 Å². The van der Waals surface area contributed by atoms with Crippen molar-refractivity contribution in [2.75, 3.05) is 19.1 Å². The van der Waals surface area contributed by atoms with E-state index in [9.17, 15) is 0 Å². The van der Waals surface area contributed by atoms with E-state index in [1.165, 1.54) is 16.7 Å². The minimum absolute atomic E-state index is 0.750. The predicted molar refractivity (Wildman–Crippen MR) is 122 cm³/mol. The molecule has 0 unspecified atom stereocenters. The second-order valence-corrected chi connectivity index (χ2v) is 7.79. The van der Waals surface area contributed by atoms with Crippen molar-refractivity contribution in [3.63, 3.8) is 0 Å². The van der Waals surface area contributed by atoms with Crippen molar-refractivity contribution in [3.8, 4) is 11.5 Å². The fourth-order valence-corrected chi connectivity index (χ4v) is 4.12. The van der Waals surface area contributed by atoms with Gasteiger partial charge in [-0.25, -0.2) is 4.98 Å². The molecule has 0 aliphatic carbocycles. The van der Waals surface area contributed by atoms with Crippen LogP contribution in [0.25, 0.3) is 0 Å². The summed E-state index contributed by atoms with van der Waals surface area (Å²) in [5.41, 5.74) is 4.72. The molecule has 0 atom stereocenters. The summed E-state index contributed by atoms with van der Waals surface area (Å²) in [5, 5.41) is 0. The van der Waals surface area contributed by atoms with Gasteiger partial charge in [-0.1, -0.05) is 47.1 Å². The fraction of sp³-hybridized carbons (Fsp3) is 0.292. The predicted octanol–water partition coefficient (Wildman–Crippen LogP) is 5.94. The molecule has 1 aromatic heterocycles. The second-order valence-electron chi connectivity index (χ2n) is 6.93. The third kappa shape index (κ3) is 5.30. The Hall–Kier alpha value is -2.53. The van der Waals surface area contributed by atoms with E-state index in [-0.39, 0.29) is 0 Å². The maximum Gasteiger partial charge on any atom is 0.130 e. The highest BCUT2D eigenvalue weighted by atomic mass is 79.9. The number of ether oxygens (including phenoxy) is 2. The maximum atomic E-state index is 5.29. The minimum Gasteiger partial charge on any atom is -0.497 e. The van der Waals surface area contributed by atoms with Crippen LogP contribution in [-0.4, -0.2) is 19.2 Å². The number of halogens is 1. The molecule has 152 valence electrons. The molecule has 2 aromatic carbocycles. The number of hydrogen-bond donors (Lipinski definition) is 0. The average Bonchev–Trinajstić information content (AvgIpc) is 2.74. The summed E-state index contributed by atoms with van der Waals surface area (Å²) in [6, 6.07) is 18.5. The largest absolute Gasteiger partial charge is 0.497 e. The first-order valence-corrected chi connectivity index (χ1v) is 10.5. The quantitative estimate of drug-likeness (QED) is 0.421. The molecule has 29 heavy (non-hydrogen) atoms. The van der Waals surface area contributed by atoms with E-state index in [1.54, 1.807) is 14.2 Å². The molecule has 0 N–H and O–H groups in total. The van der Waals surface area contributed by atoms with Gasteiger partial charge in [0, 0.05) is 23.3 Å². The van der Waals surface area contributed by atoms with Gasteiger partial charge in [0.25, 0.3) is 0 Å². The maximum absolute atomic E-state index is 5.29.